The molecule has 0 bridgehead atoms. The number of rotatable bonds is 9. The molecule has 0 aliphatic carbocycles. The van der Waals surface area contributed by atoms with E-state index >= 15 is 0 Å². The van der Waals surface area contributed by atoms with Crippen molar-refractivity contribution in [2.75, 3.05) is 13.2 Å². The molecule has 1 aromatic heterocycles. The van der Waals surface area contributed by atoms with Gasteiger partial charge in [-0.15, -0.1) is 11.3 Å². The number of amides is 1. The van der Waals surface area contributed by atoms with E-state index in [1.807, 2.05) is 12.1 Å². The smallest absolute Gasteiger partial charge is 0.220 e. The van der Waals surface area contributed by atoms with Crippen LogP contribution >= 0.6 is 11.3 Å². The van der Waals surface area contributed by atoms with Gasteiger partial charge in [0, 0.05) is 31.1 Å². The molecule has 5 heteroatoms. The summed E-state index contributed by atoms with van der Waals surface area (Å²) in [7, 11) is 0. The van der Waals surface area contributed by atoms with Crippen molar-refractivity contribution in [1.29, 1.82) is 0 Å². The Morgan fingerprint density at radius 2 is 2.04 bits per heavy atom. The number of benzene rings is 1. The Labute approximate surface area is 159 Å². The molecule has 1 saturated heterocycles. The average molecular weight is 374 g/mol. The summed E-state index contributed by atoms with van der Waals surface area (Å²) in [5, 5.41) is 5.10. The third-order valence-corrected chi connectivity index (χ3v) is 5.48. The van der Waals surface area contributed by atoms with Gasteiger partial charge >= 0.3 is 0 Å². The molecule has 1 N–H and O–H groups in total. The Morgan fingerprint density at radius 3 is 2.85 bits per heavy atom. The van der Waals surface area contributed by atoms with E-state index in [0.29, 0.717) is 25.7 Å². The van der Waals surface area contributed by atoms with Gasteiger partial charge in [0.1, 0.15) is 0 Å². The van der Waals surface area contributed by atoms with Gasteiger partial charge in [-0.25, -0.2) is 0 Å². The first kappa shape index (κ1) is 19.1. The maximum atomic E-state index is 12.0. The summed E-state index contributed by atoms with van der Waals surface area (Å²) in [5.74, 6) is 0.116. The third kappa shape index (κ3) is 6.56. The maximum absolute atomic E-state index is 12.0. The quantitative estimate of drug-likeness (QED) is 0.720. The molecule has 0 spiro atoms. The summed E-state index contributed by atoms with van der Waals surface area (Å²) in [6, 6.07) is 12.4. The Bertz CT molecular complexity index is 666. The molecule has 0 atom stereocenters. The molecular weight excluding hydrogens is 346 g/mol. The lowest BCUT2D eigenvalue weighted by molar-refractivity contribution is -0.121. The molecule has 0 saturated carbocycles. The van der Waals surface area contributed by atoms with Crippen molar-refractivity contribution in [3.05, 3.63) is 57.8 Å². The zero-order valence-corrected chi connectivity index (χ0v) is 15.9. The van der Waals surface area contributed by atoms with E-state index in [1.165, 1.54) is 4.88 Å². The van der Waals surface area contributed by atoms with E-state index in [4.69, 9.17) is 9.47 Å². The van der Waals surface area contributed by atoms with Crippen molar-refractivity contribution < 1.29 is 14.3 Å². The highest BCUT2D eigenvalue weighted by Crippen LogP contribution is 2.15. The maximum Gasteiger partial charge on any atom is 0.220 e. The van der Waals surface area contributed by atoms with E-state index in [1.54, 1.807) is 11.3 Å². The van der Waals surface area contributed by atoms with Crippen LogP contribution in [0.4, 0.5) is 0 Å². The van der Waals surface area contributed by atoms with Gasteiger partial charge in [0.25, 0.3) is 0 Å². The highest BCUT2D eigenvalue weighted by Gasteiger charge is 2.14. The molecule has 1 aromatic carbocycles. The van der Waals surface area contributed by atoms with Gasteiger partial charge in [-0.2, -0.15) is 0 Å². The lowest BCUT2D eigenvalue weighted by Gasteiger charge is -2.22. The lowest BCUT2D eigenvalue weighted by atomic mass is 10.1. The fourth-order valence-electron chi connectivity index (χ4n) is 3.05. The number of thiophene rings is 1. The van der Waals surface area contributed by atoms with Gasteiger partial charge < -0.3 is 14.8 Å². The Balaban J connectivity index is 1.36. The first-order valence-electron chi connectivity index (χ1n) is 9.36. The molecule has 1 aliphatic rings. The van der Waals surface area contributed by atoms with Gasteiger partial charge in [-0.1, -0.05) is 30.3 Å². The predicted octanol–water partition coefficient (Wildman–Crippen LogP) is 4.08. The monoisotopic (exact) mass is 373 g/mol. The number of carbonyl (C=O) groups is 1. The molecule has 0 unspecified atom stereocenters. The van der Waals surface area contributed by atoms with Crippen LogP contribution < -0.4 is 5.32 Å². The van der Waals surface area contributed by atoms with Crippen LogP contribution in [0.5, 0.6) is 0 Å². The van der Waals surface area contributed by atoms with E-state index in [2.05, 4.69) is 35.0 Å². The van der Waals surface area contributed by atoms with Crippen molar-refractivity contribution in [3.63, 3.8) is 0 Å². The van der Waals surface area contributed by atoms with Crippen LogP contribution in [0.1, 0.15) is 41.7 Å². The standard InChI is InChI=1S/C21H27NO3S/c23-21(8-2-6-20-7-3-13-26-20)22-15-17-4-1-5-18(14-17)16-25-19-9-11-24-12-10-19/h1,3-5,7,13-14,19H,2,6,8-12,15-16H2,(H,22,23). The number of aryl methyl sites for hydroxylation is 1. The first-order chi connectivity index (χ1) is 12.8. The second kappa shape index (κ2) is 10.5. The Kier molecular flexibility index (Phi) is 7.67. The zero-order chi connectivity index (χ0) is 18.0. The van der Waals surface area contributed by atoms with Crippen LogP contribution in [0.2, 0.25) is 0 Å². The number of ether oxygens (including phenoxy) is 2. The number of hydrogen-bond donors (Lipinski definition) is 1. The minimum Gasteiger partial charge on any atom is -0.381 e. The average Bonchev–Trinajstić information content (AvgIpc) is 3.19. The Hall–Kier alpha value is -1.69. The van der Waals surface area contributed by atoms with Gasteiger partial charge in [0.15, 0.2) is 0 Å². The van der Waals surface area contributed by atoms with Crippen molar-refractivity contribution in [2.24, 2.45) is 0 Å². The van der Waals surface area contributed by atoms with Crippen LogP contribution in [0.3, 0.4) is 0 Å². The minimum atomic E-state index is 0.116. The second-order valence-corrected chi connectivity index (χ2v) is 7.68. The highest BCUT2D eigenvalue weighted by molar-refractivity contribution is 7.09. The molecule has 2 heterocycles. The number of carbonyl (C=O) groups excluding carboxylic acids is 1. The van der Waals surface area contributed by atoms with Gasteiger partial charge in [0.2, 0.25) is 5.91 Å². The molecule has 3 rings (SSSR count). The number of nitrogens with one attached hydrogen (secondary N) is 1. The van der Waals surface area contributed by atoms with E-state index in [-0.39, 0.29) is 5.91 Å². The third-order valence-electron chi connectivity index (χ3n) is 4.54. The zero-order valence-electron chi connectivity index (χ0n) is 15.1. The first-order valence-corrected chi connectivity index (χ1v) is 10.2. The molecule has 1 amide bonds. The lowest BCUT2D eigenvalue weighted by Crippen LogP contribution is -2.23. The van der Waals surface area contributed by atoms with Crippen molar-refractivity contribution in [1.82, 2.24) is 5.32 Å². The topological polar surface area (TPSA) is 47.6 Å². The molecule has 26 heavy (non-hydrogen) atoms. The van der Waals surface area contributed by atoms with Gasteiger partial charge in [0.05, 0.1) is 12.7 Å². The van der Waals surface area contributed by atoms with E-state index in [0.717, 1.165) is 50.0 Å². The molecule has 140 valence electrons. The summed E-state index contributed by atoms with van der Waals surface area (Å²) in [6.45, 7) is 2.78. The molecule has 2 aromatic rings. The van der Waals surface area contributed by atoms with Gasteiger partial charge in [-0.05, 0) is 48.3 Å². The summed E-state index contributed by atoms with van der Waals surface area (Å²) >= 11 is 1.75. The second-order valence-electron chi connectivity index (χ2n) is 6.65. The SMILES string of the molecule is O=C(CCCc1cccs1)NCc1cccc(COC2CCOCC2)c1. The fourth-order valence-corrected chi connectivity index (χ4v) is 3.80. The highest BCUT2D eigenvalue weighted by atomic mass is 32.1. The molecule has 4 nitrogen and oxygen atoms in total. The molecule has 0 radical (unpaired) electrons. The molecular formula is C21H27NO3S. The molecule has 1 fully saturated rings. The normalized spacial score (nSPS) is 15.1. The minimum absolute atomic E-state index is 0.116. The van der Waals surface area contributed by atoms with Crippen LogP contribution in [-0.4, -0.2) is 25.2 Å². The van der Waals surface area contributed by atoms with Crippen molar-refractivity contribution in [2.45, 2.75) is 51.4 Å². The summed E-state index contributed by atoms with van der Waals surface area (Å²) in [5.41, 5.74) is 2.27. The molecule has 1 aliphatic heterocycles. The van der Waals surface area contributed by atoms with Gasteiger partial charge in [-0.3, -0.25) is 4.79 Å². The van der Waals surface area contributed by atoms with E-state index in [9.17, 15) is 4.79 Å². The van der Waals surface area contributed by atoms with Crippen molar-refractivity contribution in [3.8, 4) is 0 Å². The summed E-state index contributed by atoms with van der Waals surface area (Å²) < 4.78 is 11.3. The van der Waals surface area contributed by atoms with E-state index < -0.39 is 0 Å². The van der Waals surface area contributed by atoms with Crippen LogP contribution in [0, 0.1) is 0 Å². The van der Waals surface area contributed by atoms with Crippen LogP contribution in [0.15, 0.2) is 41.8 Å². The predicted molar refractivity (Wildman–Crippen MR) is 104 cm³/mol. The van der Waals surface area contributed by atoms with Crippen LogP contribution in [-0.2, 0) is 33.8 Å². The van der Waals surface area contributed by atoms with Crippen LogP contribution in [0.25, 0.3) is 0 Å². The largest absolute Gasteiger partial charge is 0.381 e. The fraction of sp³-hybridized carbons (Fsp3) is 0.476. The summed E-state index contributed by atoms with van der Waals surface area (Å²) in [4.78, 5) is 13.4. The Morgan fingerprint density at radius 1 is 1.19 bits per heavy atom. The number of hydrogen-bond acceptors (Lipinski definition) is 4. The summed E-state index contributed by atoms with van der Waals surface area (Å²) in [6.07, 6.45) is 4.69. The van der Waals surface area contributed by atoms with Crippen molar-refractivity contribution >= 4 is 17.2 Å².